The van der Waals surface area contributed by atoms with Crippen molar-refractivity contribution in [3.05, 3.63) is 42.2 Å². The van der Waals surface area contributed by atoms with Crippen LogP contribution in [0.1, 0.15) is 25.3 Å². The second-order valence-corrected chi connectivity index (χ2v) is 13.9. The second kappa shape index (κ2) is 10.5. The predicted molar refractivity (Wildman–Crippen MR) is 166 cm³/mol. The minimum atomic E-state index is -0.160. The third-order valence-electron chi connectivity index (χ3n) is 9.73. The fourth-order valence-electron chi connectivity index (χ4n) is 7.45. The molecule has 1 aliphatic carbocycles. The molecule has 4 aromatic heterocycles. The molecule has 0 spiro atoms. The van der Waals surface area contributed by atoms with Crippen LogP contribution in [0.25, 0.3) is 27.5 Å². The summed E-state index contributed by atoms with van der Waals surface area (Å²) in [6.07, 6.45) is 6.10. The van der Waals surface area contributed by atoms with E-state index >= 15 is 0 Å². The standard InChI is InChI=1S/C31H36N10OS/c1-31(18-42-19-31)35-25-12-26(27-6-5-23-11-20(13-32)14-34-41(23)27)33-15-24(25)29-36-37-30(43-29)40-16-21-3-4-22(17-40)28(21)39-9-7-38(2)8-10-39/h5-6,11-12,14-15,21-22,28H,3-4,7-10,16-19H2,1-2H3,(H,33,35)/t21-,22+,28?. The number of nitrogens with one attached hydrogen (secondary N) is 1. The van der Waals surface area contributed by atoms with Crippen LogP contribution in [-0.4, -0.2) is 106 Å². The van der Waals surface area contributed by atoms with E-state index in [2.05, 4.69) is 51.2 Å². The van der Waals surface area contributed by atoms with Crippen LogP contribution in [0, 0.1) is 23.2 Å². The molecule has 3 aliphatic heterocycles. The average molecular weight is 597 g/mol. The van der Waals surface area contributed by atoms with Crippen LogP contribution in [0.2, 0.25) is 0 Å². The number of pyridine rings is 1. The number of piperidine rings is 1. The Balaban J connectivity index is 1.07. The van der Waals surface area contributed by atoms with Crippen molar-refractivity contribution >= 4 is 27.7 Å². The Labute approximate surface area is 255 Å². The molecule has 4 fully saturated rings. The van der Waals surface area contributed by atoms with Gasteiger partial charge in [0.1, 0.15) is 6.07 Å². The van der Waals surface area contributed by atoms with Gasteiger partial charge in [-0.2, -0.15) is 10.4 Å². The first kappa shape index (κ1) is 27.0. The van der Waals surface area contributed by atoms with Gasteiger partial charge in [0.25, 0.3) is 0 Å². The van der Waals surface area contributed by atoms with Crippen molar-refractivity contribution in [3.8, 4) is 28.0 Å². The fourth-order valence-corrected chi connectivity index (χ4v) is 8.33. The Morgan fingerprint density at radius 1 is 1.05 bits per heavy atom. The number of nitrogens with zero attached hydrogens (tertiary/aromatic N) is 9. The molecule has 2 bridgehead atoms. The molecule has 3 atom stereocenters. The number of likely N-dealkylation sites (N-methyl/N-ethyl adjacent to an activating group) is 1. The second-order valence-electron chi connectivity index (χ2n) is 12.9. The molecule has 11 nitrogen and oxygen atoms in total. The molecule has 43 heavy (non-hydrogen) atoms. The third-order valence-corrected chi connectivity index (χ3v) is 10.7. The Morgan fingerprint density at radius 2 is 1.84 bits per heavy atom. The number of rotatable bonds is 6. The van der Waals surface area contributed by atoms with Crippen molar-refractivity contribution < 1.29 is 4.74 Å². The summed E-state index contributed by atoms with van der Waals surface area (Å²) in [6.45, 7) is 10.3. The zero-order valence-electron chi connectivity index (χ0n) is 24.6. The number of aromatic nitrogens is 5. The molecule has 0 aromatic carbocycles. The third kappa shape index (κ3) is 4.84. The minimum absolute atomic E-state index is 0.160. The molecular formula is C31H36N10OS. The molecule has 7 heterocycles. The van der Waals surface area contributed by atoms with Crippen LogP contribution in [0.5, 0.6) is 0 Å². The zero-order valence-corrected chi connectivity index (χ0v) is 25.4. The van der Waals surface area contributed by atoms with Gasteiger partial charge in [-0.25, -0.2) is 4.52 Å². The summed E-state index contributed by atoms with van der Waals surface area (Å²) in [6, 6.07) is 10.7. The van der Waals surface area contributed by atoms with E-state index in [1.54, 1.807) is 17.5 Å². The molecule has 4 aliphatic rings. The topological polar surface area (TPSA) is 111 Å². The van der Waals surface area contributed by atoms with Gasteiger partial charge in [0, 0.05) is 57.2 Å². The Morgan fingerprint density at radius 3 is 2.56 bits per heavy atom. The number of hydrogen-bond donors (Lipinski definition) is 1. The van der Waals surface area contributed by atoms with Crippen molar-refractivity contribution in [2.24, 2.45) is 11.8 Å². The number of piperazine rings is 1. The molecule has 3 saturated heterocycles. The maximum absolute atomic E-state index is 9.27. The smallest absolute Gasteiger partial charge is 0.208 e. The highest BCUT2D eigenvalue weighted by Gasteiger charge is 2.46. The highest BCUT2D eigenvalue weighted by atomic mass is 32.1. The SMILES string of the molecule is CN1CCN(C2[C@@H]3CC[C@H]2CN(c2nnc(-c4cnc(-c5ccc6cc(C#N)cnn56)cc4NC4(C)COC4)s2)C3)CC1. The van der Waals surface area contributed by atoms with Crippen LogP contribution < -0.4 is 10.2 Å². The van der Waals surface area contributed by atoms with Gasteiger partial charge in [-0.15, -0.1) is 10.2 Å². The van der Waals surface area contributed by atoms with E-state index in [1.807, 2.05) is 28.9 Å². The summed E-state index contributed by atoms with van der Waals surface area (Å²) in [5, 5.41) is 28.8. The lowest BCUT2D eigenvalue weighted by Crippen LogP contribution is -2.57. The molecule has 1 unspecified atom stereocenters. The highest BCUT2D eigenvalue weighted by molar-refractivity contribution is 7.18. The van der Waals surface area contributed by atoms with E-state index in [0.717, 1.165) is 51.4 Å². The summed E-state index contributed by atoms with van der Waals surface area (Å²) >= 11 is 1.66. The normalized spacial score (nSPS) is 25.5. The summed E-state index contributed by atoms with van der Waals surface area (Å²) in [5.41, 5.74) is 4.77. The first-order valence-electron chi connectivity index (χ1n) is 15.2. The van der Waals surface area contributed by atoms with Crippen LogP contribution in [0.15, 0.2) is 36.7 Å². The van der Waals surface area contributed by atoms with E-state index in [0.29, 0.717) is 36.7 Å². The summed E-state index contributed by atoms with van der Waals surface area (Å²) in [7, 11) is 2.23. The van der Waals surface area contributed by atoms with Gasteiger partial charge in [0.05, 0.1) is 53.0 Å². The monoisotopic (exact) mass is 596 g/mol. The van der Waals surface area contributed by atoms with Crippen molar-refractivity contribution in [1.29, 1.82) is 5.26 Å². The van der Waals surface area contributed by atoms with Crippen molar-refractivity contribution in [2.45, 2.75) is 31.3 Å². The van der Waals surface area contributed by atoms with Gasteiger partial charge in [-0.05, 0) is 62.9 Å². The zero-order chi connectivity index (χ0) is 29.1. The molecule has 222 valence electrons. The molecule has 0 radical (unpaired) electrons. The lowest BCUT2D eigenvalue weighted by atomic mass is 9.90. The van der Waals surface area contributed by atoms with E-state index in [-0.39, 0.29) is 5.54 Å². The van der Waals surface area contributed by atoms with Crippen LogP contribution >= 0.6 is 11.3 Å². The van der Waals surface area contributed by atoms with Gasteiger partial charge in [0.2, 0.25) is 5.13 Å². The molecule has 12 heteroatoms. The first-order valence-corrected chi connectivity index (χ1v) is 16.0. The summed E-state index contributed by atoms with van der Waals surface area (Å²) in [5.74, 6) is 1.39. The predicted octanol–water partition coefficient (Wildman–Crippen LogP) is 3.45. The van der Waals surface area contributed by atoms with Crippen LogP contribution in [0.4, 0.5) is 10.8 Å². The van der Waals surface area contributed by atoms with Crippen molar-refractivity contribution in [3.63, 3.8) is 0 Å². The van der Waals surface area contributed by atoms with Gasteiger partial charge < -0.3 is 19.9 Å². The molecule has 1 saturated carbocycles. The molecule has 0 amide bonds. The molecular weight excluding hydrogens is 560 g/mol. The van der Waals surface area contributed by atoms with E-state index in [4.69, 9.17) is 19.9 Å². The molecule has 8 rings (SSSR count). The maximum atomic E-state index is 9.27. The number of nitriles is 1. The van der Waals surface area contributed by atoms with E-state index in [9.17, 15) is 5.26 Å². The largest absolute Gasteiger partial charge is 0.376 e. The van der Waals surface area contributed by atoms with Crippen LogP contribution in [-0.2, 0) is 4.74 Å². The lowest BCUT2D eigenvalue weighted by molar-refractivity contribution is -0.0318. The number of fused-ring (bicyclic) bond motifs is 3. The lowest BCUT2D eigenvalue weighted by Gasteiger charge is -2.46. The first-order chi connectivity index (χ1) is 21.0. The van der Waals surface area contributed by atoms with E-state index in [1.165, 1.54) is 39.0 Å². The van der Waals surface area contributed by atoms with Gasteiger partial charge >= 0.3 is 0 Å². The van der Waals surface area contributed by atoms with E-state index < -0.39 is 0 Å². The summed E-state index contributed by atoms with van der Waals surface area (Å²) < 4.78 is 7.37. The van der Waals surface area contributed by atoms with Gasteiger partial charge in [-0.3, -0.25) is 9.88 Å². The maximum Gasteiger partial charge on any atom is 0.208 e. The highest BCUT2D eigenvalue weighted by Crippen LogP contribution is 2.44. The molecule has 4 aromatic rings. The number of hydrogen-bond acceptors (Lipinski definition) is 11. The quantitative estimate of drug-likeness (QED) is 0.355. The average Bonchev–Trinajstić information content (AvgIpc) is 3.72. The Hall–Kier alpha value is -3.63. The number of ether oxygens (including phenoxy) is 1. The van der Waals surface area contributed by atoms with Gasteiger partial charge in [-0.1, -0.05) is 11.3 Å². The molecule has 1 N–H and O–H groups in total. The summed E-state index contributed by atoms with van der Waals surface area (Å²) in [4.78, 5) is 12.6. The van der Waals surface area contributed by atoms with Crippen molar-refractivity contribution in [2.75, 3.05) is 69.7 Å². The van der Waals surface area contributed by atoms with Crippen LogP contribution in [0.3, 0.4) is 0 Å². The Bertz CT molecular complexity index is 1680. The van der Waals surface area contributed by atoms with Crippen molar-refractivity contribution in [1.82, 2.24) is 34.6 Å². The Kier molecular flexibility index (Phi) is 6.59. The van der Waals surface area contributed by atoms with Gasteiger partial charge in [0.15, 0.2) is 5.01 Å². The fraction of sp³-hybridized carbons (Fsp3) is 0.516. The number of anilines is 2. The minimum Gasteiger partial charge on any atom is -0.376 e.